The van der Waals surface area contributed by atoms with Crippen LogP contribution in [-0.4, -0.2) is 8.42 Å². The van der Waals surface area contributed by atoms with Crippen molar-refractivity contribution < 1.29 is 8.42 Å². The Morgan fingerprint density at radius 3 is 2.50 bits per heavy atom. The average molecular weight is 269 g/mol. The first kappa shape index (κ1) is 15.2. The molecular weight excluding hydrogens is 246 g/mol. The third kappa shape index (κ3) is 3.82. The van der Waals surface area contributed by atoms with E-state index in [0.29, 0.717) is 5.92 Å². The highest BCUT2D eigenvalue weighted by atomic mass is 32.2. The van der Waals surface area contributed by atoms with Gasteiger partial charge in [-0.15, -0.1) is 0 Å². The van der Waals surface area contributed by atoms with E-state index in [-0.39, 0.29) is 4.90 Å². The van der Waals surface area contributed by atoms with E-state index >= 15 is 0 Å². The highest BCUT2D eigenvalue weighted by Crippen LogP contribution is 2.28. The van der Waals surface area contributed by atoms with Gasteiger partial charge in [0.25, 0.3) is 0 Å². The van der Waals surface area contributed by atoms with Gasteiger partial charge >= 0.3 is 0 Å². The predicted octanol–water partition coefficient (Wildman–Crippen LogP) is 3.33. The minimum absolute atomic E-state index is 0.252. The van der Waals surface area contributed by atoms with Crippen LogP contribution in [0, 0.1) is 6.92 Å². The molecule has 0 aromatic heterocycles. The van der Waals surface area contributed by atoms with E-state index in [1.165, 1.54) is 19.3 Å². The maximum absolute atomic E-state index is 11.5. The van der Waals surface area contributed by atoms with Crippen LogP contribution < -0.4 is 5.14 Å². The van der Waals surface area contributed by atoms with Crippen LogP contribution in [-0.2, 0) is 10.0 Å². The largest absolute Gasteiger partial charge is 0.238 e. The Morgan fingerprint density at radius 1 is 1.28 bits per heavy atom. The van der Waals surface area contributed by atoms with Gasteiger partial charge in [-0.05, 0) is 36.5 Å². The molecule has 1 aromatic rings. The van der Waals surface area contributed by atoms with Crippen LogP contribution in [0.15, 0.2) is 23.1 Å². The van der Waals surface area contributed by atoms with Crippen molar-refractivity contribution in [1.82, 2.24) is 0 Å². The number of benzene rings is 1. The molecule has 0 bridgehead atoms. The van der Waals surface area contributed by atoms with Gasteiger partial charge in [-0.25, -0.2) is 13.6 Å². The summed E-state index contributed by atoms with van der Waals surface area (Å²) in [5.41, 5.74) is 1.89. The van der Waals surface area contributed by atoms with Crippen molar-refractivity contribution in [2.24, 2.45) is 5.14 Å². The Balaban J connectivity index is 2.97. The monoisotopic (exact) mass is 269 g/mol. The number of hydrogen-bond acceptors (Lipinski definition) is 2. The third-order valence-corrected chi connectivity index (χ3v) is 4.46. The Hall–Kier alpha value is -0.870. The van der Waals surface area contributed by atoms with E-state index in [1.807, 2.05) is 13.0 Å². The second kappa shape index (κ2) is 6.34. The number of nitrogens with two attached hydrogens (primary N) is 1. The first-order valence-electron chi connectivity index (χ1n) is 6.50. The topological polar surface area (TPSA) is 60.2 Å². The molecule has 2 N–H and O–H groups in total. The molecule has 0 aliphatic heterocycles. The van der Waals surface area contributed by atoms with E-state index in [0.717, 1.165) is 17.5 Å². The summed E-state index contributed by atoms with van der Waals surface area (Å²) in [5, 5.41) is 5.22. The summed E-state index contributed by atoms with van der Waals surface area (Å²) in [7, 11) is -3.61. The zero-order valence-electron chi connectivity index (χ0n) is 11.4. The third-order valence-electron chi connectivity index (χ3n) is 3.40. The molecule has 0 saturated heterocycles. The summed E-state index contributed by atoms with van der Waals surface area (Å²) in [4.78, 5) is 0.252. The van der Waals surface area contributed by atoms with Crippen molar-refractivity contribution in [2.75, 3.05) is 0 Å². The molecule has 0 heterocycles. The number of primary sulfonamides is 1. The van der Waals surface area contributed by atoms with Gasteiger partial charge in [-0.2, -0.15) is 0 Å². The van der Waals surface area contributed by atoms with Crippen molar-refractivity contribution in [3.63, 3.8) is 0 Å². The van der Waals surface area contributed by atoms with Gasteiger partial charge in [0, 0.05) is 0 Å². The van der Waals surface area contributed by atoms with Crippen molar-refractivity contribution in [2.45, 2.75) is 57.3 Å². The van der Waals surface area contributed by atoms with E-state index in [2.05, 4.69) is 13.8 Å². The lowest BCUT2D eigenvalue weighted by molar-refractivity contribution is 0.589. The number of hydrogen-bond donors (Lipinski definition) is 1. The quantitative estimate of drug-likeness (QED) is 0.805. The molecule has 4 heteroatoms. The molecule has 1 aromatic carbocycles. The molecule has 0 aliphatic carbocycles. The zero-order chi connectivity index (χ0) is 13.8. The van der Waals surface area contributed by atoms with Crippen LogP contribution in [0.25, 0.3) is 0 Å². The molecule has 102 valence electrons. The van der Waals surface area contributed by atoms with Crippen molar-refractivity contribution >= 4 is 10.0 Å². The SMILES string of the molecule is CCCCCC(C)c1cccc(S(N)(=O)=O)c1C. The fourth-order valence-electron chi connectivity index (χ4n) is 2.33. The molecule has 18 heavy (non-hydrogen) atoms. The van der Waals surface area contributed by atoms with Gasteiger partial charge in [0.2, 0.25) is 10.0 Å². The number of unbranched alkanes of at least 4 members (excludes halogenated alkanes) is 2. The fourth-order valence-corrected chi connectivity index (χ4v) is 3.14. The van der Waals surface area contributed by atoms with E-state index in [4.69, 9.17) is 5.14 Å². The minimum Gasteiger partial charge on any atom is -0.225 e. The molecule has 3 nitrogen and oxygen atoms in total. The lowest BCUT2D eigenvalue weighted by atomic mass is 9.92. The van der Waals surface area contributed by atoms with Gasteiger partial charge < -0.3 is 0 Å². The van der Waals surface area contributed by atoms with Crippen LogP contribution in [0.2, 0.25) is 0 Å². The van der Waals surface area contributed by atoms with E-state index < -0.39 is 10.0 Å². The molecule has 0 saturated carbocycles. The van der Waals surface area contributed by atoms with E-state index in [1.54, 1.807) is 12.1 Å². The molecule has 0 spiro atoms. The molecule has 0 fully saturated rings. The standard InChI is InChI=1S/C14H23NO2S/c1-4-5-6-8-11(2)13-9-7-10-14(12(13)3)18(15,16)17/h7,9-11H,4-6,8H2,1-3H3,(H2,15,16,17). The van der Waals surface area contributed by atoms with Crippen molar-refractivity contribution in [3.8, 4) is 0 Å². The summed E-state index contributed by atoms with van der Waals surface area (Å²) in [6.45, 7) is 6.16. The highest BCUT2D eigenvalue weighted by molar-refractivity contribution is 7.89. The van der Waals surface area contributed by atoms with E-state index in [9.17, 15) is 8.42 Å². The first-order valence-corrected chi connectivity index (χ1v) is 8.04. The Labute approximate surface area is 110 Å². The van der Waals surface area contributed by atoms with Crippen LogP contribution in [0.3, 0.4) is 0 Å². The Morgan fingerprint density at radius 2 is 1.94 bits per heavy atom. The summed E-state index contributed by atoms with van der Waals surface area (Å²) in [5.74, 6) is 0.373. The lowest BCUT2D eigenvalue weighted by Crippen LogP contribution is -2.15. The Kier molecular flexibility index (Phi) is 5.35. The molecule has 0 amide bonds. The van der Waals surface area contributed by atoms with Crippen LogP contribution in [0.5, 0.6) is 0 Å². The molecule has 1 atom stereocenters. The van der Waals surface area contributed by atoms with Crippen molar-refractivity contribution in [1.29, 1.82) is 0 Å². The molecule has 0 radical (unpaired) electrons. The smallest absolute Gasteiger partial charge is 0.225 e. The van der Waals surface area contributed by atoms with Crippen LogP contribution in [0.1, 0.15) is 56.6 Å². The summed E-state index contributed by atoms with van der Waals surface area (Å²) in [6.07, 6.45) is 4.68. The second-order valence-electron chi connectivity index (χ2n) is 4.91. The Bertz CT molecular complexity index is 495. The molecule has 0 aliphatic rings. The lowest BCUT2D eigenvalue weighted by Gasteiger charge is -2.16. The fraction of sp³-hybridized carbons (Fsp3) is 0.571. The number of sulfonamides is 1. The highest BCUT2D eigenvalue weighted by Gasteiger charge is 2.16. The van der Waals surface area contributed by atoms with Gasteiger partial charge in [0.1, 0.15) is 0 Å². The minimum atomic E-state index is -3.61. The maximum Gasteiger partial charge on any atom is 0.238 e. The molecule has 1 rings (SSSR count). The van der Waals surface area contributed by atoms with Gasteiger partial charge in [-0.3, -0.25) is 0 Å². The van der Waals surface area contributed by atoms with Crippen molar-refractivity contribution in [3.05, 3.63) is 29.3 Å². The summed E-state index contributed by atoms with van der Waals surface area (Å²) < 4.78 is 22.9. The molecule has 1 unspecified atom stereocenters. The van der Waals surface area contributed by atoms with Gasteiger partial charge in [0.15, 0.2) is 0 Å². The van der Waals surface area contributed by atoms with Crippen LogP contribution >= 0.6 is 0 Å². The average Bonchev–Trinajstić information content (AvgIpc) is 2.28. The second-order valence-corrected chi connectivity index (χ2v) is 6.44. The summed E-state index contributed by atoms with van der Waals surface area (Å²) >= 11 is 0. The van der Waals surface area contributed by atoms with Gasteiger partial charge in [-0.1, -0.05) is 45.2 Å². The first-order chi connectivity index (χ1) is 8.38. The maximum atomic E-state index is 11.5. The van der Waals surface area contributed by atoms with Crippen LogP contribution in [0.4, 0.5) is 0 Å². The predicted molar refractivity (Wildman–Crippen MR) is 75.1 cm³/mol. The summed E-state index contributed by atoms with van der Waals surface area (Å²) in [6, 6.07) is 5.35. The molecular formula is C14H23NO2S. The number of rotatable bonds is 6. The normalized spacial score (nSPS) is 13.6. The van der Waals surface area contributed by atoms with Gasteiger partial charge in [0.05, 0.1) is 4.90 Å². The zero-order valence-corrected chi connectivity index (χ0v) is 12.3.